The molecule has 144 valence electrons. The number of methoxy groups -OCH3 is 1. The second-order valence-electron chi connectivity index (χ2n) is 6.51. The number of amides is 2. The second kappa shape index (κ2) is 8.57. The highest BCUT2D eigenvalue weighted by atomic mass is 16.5. The van der Waals surface area contributed by atoms with Crippen molar-refractivity contribution < 1.29 is 14.3 Å². The predicted octanol–water partition coefficient (Wildman–Crippen LogP) is 4.34. The molecule has 0 unspecified atom stereocenters. The van der Waals surface area contributed by atoms with Crippen molar-refractivity contribution >= 4 is 17.9 Å². The molecule has 5 nitrogen and oxygen atoms in total. The molecule has 0 bridgehead atoms. The van der Waals surface area contributed by atoms with Crippen LogP contribution in [-0.4, -0.2) is 30.4 Å². The summed E-state index contributed by atoms with van der Waals surface area (Å²) in [5.74, 6) is 0.639. The van der Waals surface area contributed by atoms with E-state index < -0.39 is 6.04 Å². The van der Waals surface area contributed by atoms with Crippen molar-refractivity contribution in [2.75, 3.05) is 13.7 Å². The Balaban J connectivity index is 1.95. The van der Waals surface area contributed by atoms with E-state index in [9.17, 15) is 9.59 Å². The van der Waals surface area contributed by atoms with E-state index in [0.717, 1.165) is 16.9 Å². The summed E-state index contributed by atoms with van der Waals surface area (Å²) in [6, 6.07) is 16.4. The lowest BCUT2D eigenvalue weighted by molar-refractivity contribution is -0.111. The molecule has 0 spiro atoms. The van der Waals surface area contributed by atoms with Gasteiger partial charge in [-0.05, 0) is 43.2 Å². The molecule has 1 aliphatic rings. The van der Waals surface area contributed by atoms with Crippen LogP contribution in [0.1, 0.15) is 31.0 Å². The summed E-state index contributed by atoms with van der Waals surface area (Å²) in [6.45, 7) is 4.21. The van der Waals surface area contributed by atoms with Gasteiger partial charge in [-0.15, -0.1) is 0 Å². The van der Waals surface area contributed by atoms with Gasteiger partial charge in [-0.3, -0.25) is 9.69 Å². The Morgan fingerprint density at radius 3 is 2.43 bits per heavy atom. The molecule has 2 amide bonds. The van der Waals surface area contributed by atoms with Crippen molar-refractivity contribution in [3.05, 3.63) is 83.1 Å². The molecule has 0 fully saturated rings. The number of rotatable bonds is 6. The number of ketones is 1. The third-order valence-corrected chi connectivity index (χ3v) is 4.85. The van der Waals surface area contributed by atoms with Crippen LogP contribution in [0.4, 0.5) is 4.79 Å². The van der Waals surface area contributed by atoms with Gasteiger partial charge >= 0.3 is 6.03 Å². The molecular weight excluding hydrogens is 352 g/mol. The maximum Gasteiger partial charge on any atom is 0.322 e. The molecule has 0 aromatic heterocycles. The second-order valence-corrected chi connectivity index (χ2v) is 6.51. The molecular formula is C23H24N2O3. The Morgan fingerprint density at radius 1 is 1.14 bits per heavy atom. The van der Waals surface area contributed by atoms with E-state index in [4.69, 9.17) is 4.74 Å². The first-order valence-electron chi connectivity index (χ1n) is 9.25. The zero-order chi connectivity index (χ0) is 20.1. The van der Waals surface area contributed by atoms with Gasteiger partial charge in [0.05, 0.1) is 13.2 Å². The normalized spacial score (nSPS) is 17.0. The maximum absolute atomic E-state index is 13.1. The molecule has 0 radical (unpaired) electrons. The number of hydrogen-bond acceptors (Lipinski definition) is 3. The van der Waals surface area contributed by atoms with Crippen LogP contribution < -0.4 is 10.1 Å². The van der Waals surface area contributed by atoms with Crippen LogP contribution in [0.15, 0.2) is 71.9 Å². The van der Waals surface area contributed by atoms with Crippen LogP contribution in [0.25, 0.3) is 6.08 Å². The van der Waals surface area contributed by atoms with Crippen molar-refractivity contribution in [3.8, 4) is 5.75 Å². The molecule has 0 aliphatic carbocycles. The van der Waals surface area contributed by atoms with Gasteiger partial charge in [0.2, 0.25) is 0 Å². The largest absolute Gasteiger partial charge is 0.497 e. The Kier molecular flexibility index (Phi) is 5.94. The van der Waals surface area contributed by atoms with Gasteiger partial charge in [-0.2, -0.15) is 0 Å². The summed E-state index contributed by atoms with van der Waals surface area (Å²) in [6.07, 6.45) is 3.33. The Morgan fingerprint density at radius 2 is 1.82 bits per heavy atom. The van der Waals surface area contributed by atoms with Gasteiger partial charge in [0.1, 0.15) is 5.75 Å². The number of nitrogens with zero attached hydrogens (tertiary/aromatic N) is 1. The van der Waals surface area contributed by atoms with E-state index in [1.807, 2.05) is 68.4 Å². The Labute approximate surface area is 165 Å². The number of carbonyl (C=O) groups excluding carboxylic acids is 2. The van der Waals surface area contributed by atoms with Gasteiger partial charge < -0.3 is 10.1 Å². The average Bonchev–Trinajstić information content (AvgIpc) is 2.73. The van der Waals surface area contributed by atoms with Crippen molar-refractivity contribution in [1.29, 1.82) is 0 Å². The fourth-order valence-corrected chi connectivity index (χ4v) is 3.35. The minimum Gasteiger partial charge on any atom is -0.497 e. The van der Waals surface area contributed by atoms with Crippen LogP contribution in [0.5, 0.6) is 5.75 Å². The highest BCUT2D eigenvalue weighted by Crippen LogP contribution is 2.31. The van der Waals surface area contributed by atoms with Crippen molar-refractivity contribution in [2.24, 2.45) is 0 Å². The Hall–Kier alpha value is -3.34. The number of nitrogens with one attached hydrogen (secondary N) is 1. The molecule has 0 saturated carbocycles. The molecule has 2 aromatic rings. The number of benzene rings is 2. The van der Waals surface area contributed by atoms with E-state index >= 15 is 0 Å². The SMILES string of the molecule is CCN1C(=O)N[C@@H](c2ccccc2)C(C(=O)/C=C/c2ccc(OC)cc2)=C1C. The van der Waals surface area contributed by atoms with Crippen molar-refractivity contribution in [2.45, 2.75) is 19.9 Å². The zero-order valence-electron chi connectivity index (χ0n) is 16.3. The summed E-state index contributed by atoms with van der Waals surface area (Å²) in [5, 5.41) is 2.97. The molecule has 3 rings (SSSR count). The van der Waals surface area contributed by atoms with Gasteiger partial charge in [0.25, 0.3) is 0 Å². The lowest BCUT2D eigenvalue weighted by Gasteiger charge is -2.35. The first-order valence-corrected chi connectivity index (χ1v) is 9.25. The van der Waals surface area contributed by atoms with E-state index in [1.165, 1.54) is 0 Å². The van der Waals surface area contributed by atoms with Crippen LogP contribution in [0.2, 0.25) is 0 Å². The summed E-state index contributed by atoms with van der Waals surface area (Å²) in [5.41, 5.74) is 3.05. The fourth-order valence-electron chi connectivity index (χ4n) is 3.35. The quantitative estimate of drug-likeness (QED) is 0.763. The van der Waals surface area contributed by atoms with E-state index in [0.29, 0.717) is 17.8 Å². The molecule has 0 saturated heterocycles. The number of carbonyl (C=O) groups is 2. The highest BCUT2D eigenvalue weighted by Gasteiger charge is 2.33. The van der Waals surface area contributed by atoms with Crippen molar-refractivity contribution in [3.63, 3.8) is 0 Å². The first-order chi connectivity index (χ1) is 13.5. The summed E-state index contributed by atoms with van der Waals surface area (Å²) < 4.78 is 5.16. The summed E-state index contributed by atoms with van der Waals surface area (Å²) in [7, 11) is 1.62. The van der Waals surface area contributed by atoms with Gasteiger partial charge in [0.15, 0.2) is 5.78 Å². The lowest BCUT2D eigenvalue weighted by atomic mass is 9.91. The number of hydrogen-bond donors (Lipinski definition) is 1. The summed E-state index contributed by atoms with van der Waals surface area (Å²) >= 11 is 0. The van der Waals surface area contributed by atoms with Crippen LogP contribution in [0.3, 0.4) is 0 Å². The van der Waals surface area contributed by atoms with Crippen LogP contribution >= 0.6 is 0 Å². The van der Waals surface area contributed by atoms with E-state index in [-0.39, 0.29) is 11.8 Å². The fraction of sp³-hybridized carbons (Fsp3) is 0.217. The number of urea groups is 1. The average molecular weight is 376 g/mol. The van der Waals surface area contributed by atoms with E-state index in [1.54, 1.807) is 24.2 Å². The third kappa shape index (κ3) is 3.98. The van der Waals surface area contributed by atoms with Crippen LogP contribution in [0, 0.1) is 0 Å². The highest BCUT2D eigenvalue weighted by molar-refractivity contribution is 6.09. The lowest BCUT2D eigenvalue weighted by Crippen LogP contribution is -2.47. The molecule has 1 aliphatic heterocycles. The first kappa shape index (κ1) is 19.4. The zero-order valence-corrected chi connectivity index (χ0v) is 16.3. The monoisotopic (exact) mass is 376 g/mol. The molecule has 1 N–H and O–H groups in total. The van der Waals surface area contributed by atoms with Gasteiger partial charge in [-0.25, -0.2) is 4.79 Å². The maximum atomic E-state index is 13.1. The van der Waals surface area contributed by atoms with Crippen molar-refractivity contribution in [1.82, 2.24) is 10.2 Å². The molecule has 28 heavy (non-hydrogen) atoms. The predicted molar refractivity (Wildman–Crippen MR) is 110 cm³/mol. The van der Waals surface area contributed by atoms with Gasteiger partial charge in [0, 0.05) is 17.8 Å². The minimum absolute atomic E-state index is 0.124. The van der Waals surface area contributed by atoms with Gasteiger partial charge in [-0.1, -0.05) is 48.5 Å². The molecule has 1 atom stereocenters. The van der Waals surface area contributed by atoms with Crippen LogP contribution in [-0.2, 0) is 4.79 Å². The smallest absolute Gasteiger partial charge is 0.322 e. The standard InChI is InChI=1S/C23H24N2O3/c1-4-25-16(2)21(22(24-23(25)27)18-8-6-5-7-9-18)20(26)15-12-17-10-13-19(28-3)14-11-17/h5-15,22H,4H2,1-3H3,(H,24,27)/b15-12+/t22-/m0/s1. The number of ether oxygens (including phenoxy) is 1. The third-order valence-electron chi connectivity index (χ3n) is 4.85. The molecule has 1 heterocycles. The molecule has 2 aromatic carbocycles. The Bertz CT molecular complexity index is 915. The topological polar surface area (TPSA) is 58.6 Å². The molecule has 5 heteroatoms. The number of allylic oxidation sites excluding steroid dienone is 2. The minimum atomic E-state index is -0.468. The van der Waals surface area contributed by atoms with E-state index in [2.05, 4.69) is 5.32 Å². The summed E-state index contributed by atoms with van der Waals surface area (Å²) in [4.78, 5) is 27.2.